The van der Waals surface area contributed by atoms with E-state index >= 15 is 0 Å². The lowest BCUT2D eigenvalue weighted by Crippen LogP contribution is -1.94. The summed E-state index contributed by atoms with van der Waals surface area (Å²) >= 11 is 3.22. The molecule has 0 fully saturated rings. The molecule has 0 spiro atoms. The van der Waals surface area contributed by atoms with E-state index in [-0.39, 0.29) is 13.4 Å². The summed E-state index contributed by atoms with van der Waals surface area (Å²) in [4.78, 5) is 10.8. The minimum Gasteiger partial charge on any atom is -0.453 e. The Kier molecular flexibility index (Phi) is 2.43. The molecule has 14 heavy (non-hydrogen) atoms. The van der Waals surface area contributed by atoms with Gasteiger partial charge in [-0.2, -0.15) is 0 Å². The highest BCUT2D eigenvalue weighted by Gasteiger charge is 2.23. The monoisotopic (exact) mass is 258 g/mol. The van der Waals surface area contributed by atoms with E-state index in [1.807, 2.05) is 0 Å². The number of rotatable bonds is 2. The zero-order valence-corrected chi connectivity index (χ0v) is 8.70. The summed E-state index contributed by atoms with van der Waals surface area (Å²) in [5.41, 5.74) is 1.02. The van der Waals surface area contributed by atoms with Gasteiger partial charge in [-0.3, -0.25) is 4.79 Å². The molecular weight excluding hydrogens is 252 g/mol. The lowest BCUT2D eigenvalue weighted by atomic mass is 10.1. The molecule has 1 aliphatic heterocycles. The van der Waals surface area contributed by atoms with E-state index in [4.69, 9.17) is 14.6 Å². The highest BCUT2D eigenvalue weighted by Crippen LogP contribution is 2.41. The van der Waals surface area contributed by atoms with Gasteiger partial charge in [0.1, 0.15) is 0 Å². The first kappa shape index (κ1) is 9.48. The Morgan fingerprint density at radius 2 is 2.21 bits per heavy atom. The maximum atomic E-state index is 10.8. The fraction of sp³-hybridized carbons (Fsp3) is 0.222. The van der Waals surface area contributed by atoms with E-state index in [1.54, 1.807) is 6.07 Å². The topological polar surface area (TPSA) is 55.8 Å². The van der Waals surface area contributed by atoms with Crippen molar-refractivity contribution in [3.63, 3.8) is 0 Å². The zero-order chi connectivity index (χ0) is 10.1. The first-order valence-electron chi connectivity index (χ1n) is 3.95. The number of aliphatic hydroxyl groups is 1. The number of hydrogen-bond donors (Lipinski definition) is 1. The molecule has 0 aliphatic carbocycles. The molecule has 5 heteroatoms. The molecule has 0 saturated heterocycles. The van der Waals surface area contributed by atoms with Gasteiger partial charge in [-0.1, -0.05) is 0 Å². The van der Waals surface area contributed by atoms with Gasteiger partial charge in [-0.05, 0) is 22.0 Å². The zero-order valence-electron chi connectivity index (χ0n) is 7.12. The minimum atomic E-state index is -0.149. The Morgan fingerprint density at radius 3 is 2.86 bits per heavy atom. The number of benzene rings is 1. The Bertz CT molecular complexity index is 389. The number of fused-ring (bicyclic) bond motifs is 1. The molecule has 2 rings (SSSR count). The van der Waals surface area contributed by atoms with Crippen molar-refractivity contribution in [3.05, 3.63) is 21.7 Å². The Morgan fingerprint density at radius 1 is 1.50 bits per heavy atom. The molecule has 74 valence electrons. The number of halogens is 1. The van der Waals surface area contributed by atoms with Crippen LogP contribution in [0.5, 0.6) is 11.5 Å². The molecule has 1 aromatic rings. The van der Waals surface area contributed by atoms with Gasteiger partial charge in [-0.15, -0.1) is 0 Å². The van der Waals surface area contributed by atoms with Gasteiger partial charge in [-0.25, -0.2) is 0 Å². The molecule has 0 saturated carbocycles. The largest absolute Gasteiger partial charge is 0.453 e. The average Bonchev–Trinajstić information content (AvgIpc) is 2.65. The molecule has 1 aromatic carbocycles. The fourth-order valence-corrected chi connectivity index (χ4v) is 1.90. The van der Waals surface area contributed by atoms with E-state index in [1.165, 1.54) is 0 Å². The van der Waals surface area contributed by atoms with E-state index in [0.29, 0.717) is 33.4 Å². The van der Waals surface area contributed by atoms with Crippen molar-refractivity contribution in [1.29, 1.82) is 0 Å². The molecule has 1 heterocycles. The van der Waals surface area contributed by atoms with Crippen molar-refractivity contribution in [3.8, 4) is 11.5 Å². The van der Waals surface area contributed by atoms with Gasteiger partial charge in [0.25, 0.3) is 0 Å². The second-order valence-electron chi connectivity index (χ2n) is 2.77. The van der Waals surface area contributed by atoms with Crippen molar-refractivity contribution >= 4 is 22.2 Å². The lowest BCUT2D eigenvalue weighted by Gasteiger charge is -2.06. The maximum absolute atomic E-state index is 10.8. The molecule has 0 radical (unpaired) electrons. The van der Waals surface area contributed by atoms with Crippen molar-refractivity contribution in [1.82, 2.24) is 0 Å². The second kappa shape index (κ2) is 3.59. The van der Waals surface area contributed by atoms with E-state index in [0.717, 1.165) is 0 Å². The molecule has 0 atom stereocenters. The first-order chi connectivity index (χ1) is 6.77. The summed E-state index contributed by atoms with van der Waals surface area (Å²) in [7, 11) is 0. The van der Waals surface area contributed by atoms with Crippen LogP contribution in [-0.2, 0) is 6.61 Å². The second-order valence-corrected chi connectivity index (χ2v) is 3.63. The number of carbonyl (C=O) groups excluding carboxylic acids is 1. The van der Waals surface area contributed by atoms with E-state index < -0.39 is 0 Å². The summed E-state index contributed by atoms with van der Waals surface area (Å²) in [5.74, 6) is 0.858. The number of aliphatic hydroxyl groups excluding tert-OH is 1. The van der Waals surface area contributed by atoms with Gasteiger partial charge < -0.3 is 14.6 Å². The highest BCUT2D eigenvalue weighted by atomic mass is 79.9. The van der Waals surface area contributed by atoms with Crippen LogP contribution in [-0.4, -0.2) is 18.2 Å². The van der Waals surface area contributed by atoms with Crippen LogP contribution in [0.2, 0.25) is 0 Å². The molecule has 0 bridgehead atoms. The van der Waals surface area contributed by atoms with Crippen LogP contribution >= 0.6 is 15.9 Å². The standard InChI is InChI=1S/C9H7BrO4/c10-7-1-5(2-11)8-9(6(7)3-12)14-4-13-8/h1,3,11H,2,4H2. The molecule has 0 aromatic heterocycles. The van der Waals surface area contributed by atoms with Crippen molar-refractivity contribution in [2.45, 2.75) is 6.61 Å². The number of hydrogen-bond acceptors (Lipinski definition) is 4. The number of ether oxygens (including phenoxy) is 2. The summed E-state index contributed by atoms with van der Waals surface area (Å²) in [6.07, 6.45) is 0.693. The Balaban J connectivity index is 2.67. The van der Waals surface area contributed by atoms with Gasteiger partial charge in [0.05, 0.1) is 12.2 Å². The minimum absolute atomic E-state index is 0.0830. The third-order valence-corrected chi connectivity index (χ3v) is 2.65. The predicted octanol–water partition coefficient (Wildman–Crippen LogP) is 1.48. The normalized spacial score (nSPS) is 13.0. The first-order valence-corrected chi connectivity index (χ1v) is 4.74. The van der Waals surface area contributed by atoms with Crippen LogP contribution < -0.4 is 9.47 Å². The third-order valence-electron chi connectivity index (χ3n) is 2.00. The molecular formula is C9H7BrO4. The smallest absolute Gasteiger partial charge is 0.231 e. The Hall–Kier alpha value is -1.07. The van der Waals surface area contributed by atoms with Crippen LogP contribution in [0.1, 0.15) is 15.9 Å². The van der Waals surface area contributed by atoms with Crippen molar-refractivity contribution < 1.29 is 19.4 Å². The van der Waals surface area contributed by atoms with Crippen LogP contribution in [0.3, 0.4) is 0 Å². The van der Waals surface area contributed by atoms with Gasteiger partial charge in [0, 0.05) is 10.0 Å². The molecule has 4 nitrogen and oxygen atoms in total. The van der Waals surface area contributed by atoms with Crippen molar-refractivity contribution in [2.24, 2.45) is 0 Å². The molecule has 0 unspecified atom stereocenters. The maximum Gasteiger partial charge on any atom is 0.231 e. The van der Waals surface area contributed by atoms with Crippen LogP contribution in [0, 0.1) is 0 Å². The average molecular weight is 259 g/mol. The third kappa shape index (κ3) is 1.29. The van der Waals surface area contributed by atoms with Crippen LogP contribution in [0.15, 0.2) is 10.5 Å². The molecule has 0 amide bonds. The summed E-state index contributed by atoms with van der Waals surface area (Å²) in [6.45, 7) is -0.0664. The molecule has 1 N–H and O–H groups in total. The SMILES string of the molecule is O=Cc1c(Br)cc(CO)c2c1OCO2. The van der Waals surface area contributed by atoms with Gasteiger partial charge in [0.15, 0.2) is 17.8 Å². The lowest BCUT2D eigenvalue weighted by molar-refractivity contribution is 0.111. The highest BCUT2D eigenvalue weighted by molar-refractivity contribution is 9.10. The van der Waals surface area contributed by atoms with E-state index in [2.05, 4.69) is 15.9 Å². The number of aldehydes is 1. The van der Waals surface area contributed by atoms with E-state index in [9.17, 15) is 4.79 Å². The van der Waals surface area contributed by atoms with Crippen LogP contribution in [0.25, 0.3) is 0 Å². The quantitative estimate of drug-likeness (QED) is 0.817. The van der Waals surface area contributed by atoms with Crippen molar-refractivity contribution in [2.75, 3.05) is 6.79 Å². The number of carbonyl (C=O) groups is 1. The fourth-order valence-electron chi connectivity index (χ4n) is 1.35. The summed E-state index contributed by atoms with van der Waals surface area (Å²) in [6, 6.07) is 1.65. The Labute approximate surface area is 88.6 Å². The van der Waals surface area contributed by atoms with Gasteiger partial charge >= 0.3 is 0 Å². The summed E-state index contributed by atoms with van der Waals surface area (Å²) in [5, 5.41) is 9.05. The summed E-state index contributed by atoms with van der Waals surface area (Å²) < 4.78 is 10.9. The van der Waals surface area contributed by atoms with Crippen LogP contribution in [0.4, 0.5) is 0 Å². The molecule has 1 aliphatic rings. The van der Waals surface area contributed by atoms with Gasteiger partial charge in [0.2, 0.25) is 6.79 Å². The predicted molar refractivity (Wildman–Crippen MR) is 51.6 cm³/mol.